The first-order valence-electron chi connectivity index (χ1n) is 14.5. The summed E-state index contributed by atoms with van der Waals surface area (Å²) in [6.45, 7) is 16.6. The van der Waals surface area contributed by atoms with Crippen molar-refractivity contribution < 1.29 is 28.5 Å². The maximum Gasteiger partial charge on any atom is 0.410 e. The zero-order chi connectivity index (χ0) is 30.1. The summed E-state index contributed by atoms with van der Waals surface area (Å²) >= 11 is 3.46. The molecular weight excluding hydrogens is 604 g/mol. The Kier molecular flexibility index (Phi) is 11.5. The van der Waals surface area contributed by atoms with Gasteiger partial charge < -0.3 is 23.8 Å². The molecule has 0 saturated carbocycles. The number of methoxy groups -OCH3 is 1. The van der Waals surface area contributed by atoms with Crippen LogP contribution in [0.5, 0.6) is 17.2 Å². The Hall–Kier alpha value is -2.86. The SMILES string of the molecule is COC(=O)c1ccc(Oc2cccc(OCCN3CCN(CCN4CCN(C(=O)OC(C)(C)C)CC4)CC3)c2)c(Br)c1. The smallest absolute Gasteiger partial charge is 0.410 e. The van der Waals surface area contributed by atoms with Crippen LogP contribution >= 0.6 is 15.9 Å². The lowest BCUT2D eigenvalue weighted by Crippen LogP contribution is -2.53. The predicted octanol–water partition coefficient (Wildman–Crippen LogP) is 4.58. The van der Waals surface area contributed by atoms with Crippen molar-refractivity contribution in [2.24, 2.45) is 0 Å². The number of halogens is 1. The molecule has 1 amide bonds. The van der Waals surface area contributed by atoms with Crippen LogP contribution in [0.25, 0.3) is 0 Å². The first-order valence-corrected chi connectivity index (χ1v) is 15.3. The zero-order valence-corrected chi connectivity index (χ0v) is 26.7. The van der Waals surface area contributed by atoms with E-state index in [1.165, 1.54) is 7.11 Å². The van der Waals surface area contributed by atoms with Gasteiger partial charge in [-0.15, -0.1) is 0 Å². The molecule has 0 unspecified atom stereocenters. The molecule has 0 aliphatic carbocycles. The summed E-state index contributed by atoms with van der Waals surface area (Å²) in [5, 5.41) is 0. The third-order valence-electron chi connectivity index (χ3n) is 7.28. The topological polar surface area (TPSA) is 84.0 Å². The molecule has 2 saturated heterocycles. The number of hydrogen-bond acceptors (Lipinski definition) is 9. The fraction of sp³-hybridized carbons (Fsp3) is 0.548. The summed E-state index contributed by atoms with van der Waals surface area (Å²) in [6.07, 6.45) is -0.208. The van der Waals surface area contributed by atoms with E-state index in [0.717, 1.165) is 77.7 Å². The van der Waals surface area contributed by atoms with E-state index in [4.69, 9.17) is 18.9 Å². The average Bonchev–Trinajstić information content (AvgIpc) is 2.97. The van der Waals surface area contributed by atoms with Crippen LogP contribution in [-0.4, -0.2) is 123 Å². The van der Waals surface area contributed by atoms with Crippen molar-refractivity contribution in [3.8, 4) is 17.2 Å². The molecule has 0 atom stereocenters. The average molecular weight is 648 g/mol. The zero-order valence-electron chi connectivity index (χ0n) is 25.1. The van der Waals surface area contributed by atoms with Crippen molar-refractivity contribution in [3.63, 3.8) is 0 Å². The second kappa shape index (κ2) is 15.0. The molecule has 0 aromatic heterocycles. The highest BCUT2D eigenvalue weighted by Crippen LogP contribution is 2.32. The Balaban J connectivity index is 1.12. The molecule has 0 bridgehead atoms. The quantitative estimate of drug-likeness (QED) is 0.345. The third-order valence-corrected chi connectivity index (χ3v) is 7.90. The van der Waals surface area contributed by atoms with E-state index in [0.29, 0.717) is 28.1 Å². The molecule has 42 heavy (non-hydrogen) atoms. The number of ether oxygens (including phenoxy) is 4. The number of carbonyl (C=O) groups excluding carboxylic acids is 2. The molecule has 0 N–H and O–H groups in total. The fourth-order valence-electron chi connectivity index (χ4n) is 4.88. The van der Waals surface area contributed by atoms with Crippen LogP contribution in [-0.2, 0) is 9.47 Å². The number of amides is 1. The minimum absolute atomic E-state index is 0.208. The summed E-state index contributed by atoms with van der Waals surface area (Å²) in [5.41, 5.74) is -0.00561. The predicted molar refractivity (Wildman–Crippen MR) is 165 cm³/mol. The van der Waals surface area contributed by atoms with Gasteiger partial charge in [0, 0.05) is 78.1 Å². The minimum Gasteiger partial charge on any atom is -0.492 e. The van der Waals surface area contributed by atoms with Crippen molar-refractivity contribution in [2.45, 2.75) is 26.4 Å². The highest BCUT2D eigenvalue weighted by atomic mass is 79.9. The minimum atomic E-state index is -0.455. The summed E-state index contributed by atoms with van der Waals surface area (Å²) in [5.74, 6) is 1.60. The van der Waals surface area contributed by atoms with Crippen LogP contribution in [0.2, 0.25) is 0 Å². The van der Waals surface area contributed by atoms with Crippen molar-refractivity contribution in [3.05, 3.63) is 52.5 Å². The molecular formula is C31H43BrN4O6. The fourth-order valence-corrected chi connectivity index (χ4v) is 5.34. The molecule has 2 heterocycles. The molecule has 10 nitrogen and oxygen atoms in total. The van der Waals surface area contributed by atoms with Gasteiger partial charge in [-0.1, -0.05) is 6.07 Å². The van der Waals surface area contributed by atoms with Crippen LogP contribution in [0.15, 0.2) is 46.9 Å². The Labute approximate surface area is 257 Å². The lowest BCUT2D eigenvalue weighted by atomic mass is 10.2. The normalized spacial score (nSPS) is 17.1. The largest absolute Gasteiger partial charge is 0.492 e. The van der Waals surface area contributed by atoms with Gasteiger partial charge in [0.15, 0.2) is 0 Å². The van der Waals surface area contributed by atoms with E-state index in [1.807, 2.05) is 49.9 Å². The van der Waals surface area contributed by atoms with E-state index in [1.54, 1.807) is 18.2 Å². The first kappa shape index (κ1) is 32.1. The van der Waals surface area contributed by atoms with Gasteiger partial charge in [-0.05, 0) is 67.0 Å². The molecule has 4 rings (SSSR count). The molecule has 230 valence electrons. The van der Waals surface area contributed by atoms with E-state index in [9.17, 15) is 9.59 Å². The monoisotopic (exact) mass is 646 g/mol. The summed E-state index contributed by atoms with van der Waals surface area (Å²) in [4.78, 5) is 33.2. The van der Waals surface area contributed by atoms with Crippen LogP contribution in [0.3, 0.4) is 0 Å². The Bertz CT molecular complexity index is 1190. The van der Waals surface area contributed by atoms with Crippen molar-refractivity contribution in [2.75, 3.05) is 85.7 Å². The van der Waals surface area contributed by atoms with Crippen LogP contribution < -0.4 is 9.47 Å². The van der Waals surface area contributed by atoms with Gasteiger partial charge in [-0.25, -0.2) is 9.59 Å². The highest BCUT2D eigenvalue weighted by molar-refractivity contribution is 9.10. The van der Waals surface area contributed by atoms with Gasteiger partial charge >= 0.3 is 12.1 Å². The van der Waals surface area contributed by atoms with Gasteiger partial charge in [0.25, 0.3) is 0 Å². The van der Waals surface area contributed by atoms with Crippen LogP contribution in [0.4, 0.5) is 4.79 Å². The maximum absolute atomic E-state index is 12.3. The molecule has 2 aliphatic rings. The summed E-state index contributed by atoms with van der Waals surface area (Å²) in [7, 11) is 1.36. The van der Waals surface area contributed by atoms with Crippen LogP contribution in [0.1, 0.15) is 31.1 Å². The second-order valence-electron chi connectivity index (χ2n) is 11.6. The molecule has 2 aliphatic heterocycles. The molecule has 11 heteroatoms. The van der Waals surface area contributed by atoms with Crippen LogP contribution in [0, 0.1) is 0 Å². The highest BCUT2D eigenvalue weighted by Gasteiger charge is 2.26. The molecule has 0 spiro atoms. The van der Waals surface area contributed by atoms with Crippen molar-refractivity contribution in [1.82, 2.24) is 19.6 Å². The van der Waals surface area contributed by atoms with Gasteiger partial charge in [0.1, 0.15) is 29.5 Å². The van der Waals surface area contributed by atoms with E-state index in [-0.39, 0.29) is 6.09 Å². The summed E-state index contributed by atoms with van der Waals surface area (Å²) < 4.78 is 23.0. The van der Waals surface area contributed by atoms with Gasteiger partial charge in [-0.3, -0.25) is 14.7 Å². The lowest BCUT2D eigenvalue weighted by Gasteiger charge is -2.38. The number of esters is 1. The van der Waals surface area contributed by atoms with Gasteiger partial charge in [0.2, 0.25) is 0 Å². The number of nitrogens with zero attached hydrogens (tertiary/aromatic N) is 4. The Morgan fingerprint density at radius 3 is 2.00 bits per heavy atom. The summed E-state index contributed by atoms with van der Waals surface area (Å²) in [6, 6.07) is 12.6. The molecule has 2 aromatic rings. The number of hydrogen-bond donors (Lipinski definition) is 0. The van der Waals surface area contributed by atoms with Crippen molar-refractivity contribution >= 4 is 28.0 Å². The Morgan fingerprint density at radius 2 is 1.40 bits per heavy atom. The maximum atomic E-state index is 12.3. The standard InChI is InChI=1S/C31H43BrN4O6/c1-31(2,3)42-30(38)36-18-16-34(17-19-36)11-10-33-12-14-35(15-13-33)20-21-40-25-6-5-7-26(23-25)41-28-9-8-24(22-27(28)32)29(37)39-4/h5-9,22-23H,10-21H2,1-4H3. The van der Waals surface area contributed by atoms with Crippen molar-refractivity contribution in [1.29, 1.82) is 0 Å². The number of benzene rings is 2. The van der Waals surface area contributed by atoms with E-state index in [2.05, 4.69) is 30.6 Å². The first-order chi connectivity index (χ1) is 20.1. The van der Waals surface area contributed by atoms with E-state index >= 15 is 0 Å². The number of piperazine rings is 2. The lowest BCUT2D eigenvalue weighted by molar-refractivity contribution is 0.0133. The number of carbonyl (C=O) groups is 2. The second-order valence-corrected chi connectivity index (χ2v) is 12.4. The number of rotatable bonds is 10. The van der Waals surface area contributed by atoms with E-state index < -0.39 is 11.6 Å². The van der Waals surface area contributed by atoms with Gasteiger partial charge in [-0.2, -0.15) is 0 Å². The van der Waals surface area contributed by atoms with Gasteiger partial charge in [0.05, 0.1) is 17.1 Å². The third kappa shape index (κ3) is 9.86. The molecule has 0 radical (unpaired) electrons. The Morgan fingerprint density at radius 1 is 0.810 bits per heavy atom. The molecule has 2 fully saturated rings. The molecule has 2 aromatic carbocycles.